The fourth-order valence-electron chi connectivity index (χ4n) is 2.53. The molecular formula is C19H17BrN2O3. The van der Waals surface area contributed by atoms with Gasteiger partial charge in [0.05, 0.1) is 13.2 Å². The van der Waals surface area contributed by atoms with Gasteiger partial charge in [-0.25, -0.2) is 4.79 Å². The Balaban J connectivity index is 1.82. The van der Waals surface area contributed by atoms with Crippen molar-refractivity contribution in [2.75, 3.05) is 6.61 Å². The lowest BCUT2D eigenvalue weighted by Gasteiger charge is -2.11. The summed E-state index contributed by atoms with van der Waals surface area (Å²) < 4.78 is 6.50. The lowest BCUT2D eigenvalue weighted by atomic mass is 10.1. The molecule has 2 aromatic rings. The third kappa shape index (κ3) is 3.91. The summed E-state index contributed by atoms with van der Waals surface area (Å²) in [5.41, 5.74) is 1.87. The normalized spacial score (nSPS) is 15.6. The zero-order valence-electron chi connectivity index (χ0n) is 13.7. The van der Waals surface area contributed by atoms with Crippen LogP contribution in [0, 0.1) is 0 Å². The highest BCUT2D eigenvalue weighted by molar-refractivity contribution is 9.10. The van der Waals surface area contributed by atoms with Crippen LogP contribution < -0.4 is 10.1 Å². The summed E-state index contributed by atoms with van der Waals surface area (Å²) in [6.45, 7) is 2.64. The molecule has 0 atom stereocenters. The van der Waals surface area contributed by atoms with E-state index in [-0.39, 0.29) is 18.1 Å². The van der Waals surface area contributed by atoms with Crippen LogP contribution in [0.25, 0.3) is 6.08 Å². The van der Waals surface area contributed by atoms with E-state index in [2.05, 4.69) is 21.2 Å². The number of carbonyl (C=O) groups is 2. The molecule has 128 valence electrons. The molecular weight excluding hydrogens is 384 g/mol. The number of para-hydroxylation sites is 1. The smallest absolute Gasteiger partial charge is 0.329 e. The summed E-state index contributed by atoms with van der Waals surface area (Å²) in [7, 11) is 0. The van der Waals surface area contributed by atoms with Gasteiger partial charge in [-0.05, 0) is 36.8 Å². The number of ether oxygens (including phenoxy) is 1. The first-order valence-electron chi connectivity index (χ1n) is 7.89. The molecule has 6 heteroatoms. The molecule has 0 aromatic heterocycles. The lowest BCUT2D eigenvalue weighted by Crippen LogP contribution is -2.30. The predicted octanol–water partition coefficient (Wildman–Crippen LogP) is 3.94. The Morgan fingerprint density at radius 1 is 1.12 bits per heavy atom. The van der Waals surface area contributed by atoms with E-state index < -0.39 is 6.03 Å². The fraction of sp³-hybridized carbons (Fsp3) is 0.158. The Bertz CT molecular complexity index is 831. The summed E-state index contributed by atoms with van der Waals surface area (Å²) in [5, 5.41) is 2.64. The minimum Gasteiger partial charge on any atom is -0.493 e. The molecule has 0 bridgehead atoms. The Labute approximate surface area is 154 Å². The Hall–Kier alpha value is -2.60. The first kappa shape index (κ1) is 17.2. The van der Waals surface area contributed by atoms with Crippen molar-refractivity contribution in [2.24, 2.45) is 0 Å². The van der Waals surface area contributed by atoms with Crippen LogP contribution in [0.2, 0.25) is 0 Å². The zero-order chi connectivity index (χ0) is 17.8. The fourth-order valence-corrected chi connectivity index (χ4v) is 2.79. The summed E-state index contributed by atoms with van der Waals surface area (Å²) >= 11 is 3.37. The average molecular weight is 401 g/mol. The highest BCUT2D eigenvalue weighted by atomic mass is 79.9. The number of carbonyl (C=O) groups excluding carboxylic acids is 2. The molecule has 1 saturated heterocycles. The van der Waals surface area contributed by atoms with Crippen molar-refractivity contribution in [2.45, 2.75) is 13.5 Å². The summed E-state index contributed by atoms with van der Waals surface area (Å²) in [6, 6.07) is 14.5. The second-order valence-corrected chi connectivity index (χ2v) is 6.39. The molecule has 25 heavy (non-hydrogen) atoms. The molecule has 1 fully saturated rings. The Morgan fingerprint density at radius 3 is 2.56 bits per heavy atom. The minimum atomic E-state index is -0.423. The molecule has 2 aromatic carbocycles. The molecule has 1 heterocycles. The van der Waals surface area contributed by atoms with Crippen molar-refractivity contribution in [3.05, 3.63) is 69.8 Å². The van der Waals surface area contributed by atoms with Gasteiger partial charge in [0.25, 0.3) is 5.91 Å². The van der Waals surface area contributed by atoms with Gasteiger partial charge in [-0.3, -0.25) is 9.69 Å². The molecule has 0 spiro atoms. The van der Waals surface area contributed by atoms with Gasteiger partial charge in [0.15, 0.2) is 0 Å². The number of hydrogen-bond acceptors (Lipinski definition) is 3. The first-order valence-corrected chi connectivity index (χ1v) is 8.68. The number of halogens is 1. The molecule has 0 aliphatic carbocycles. The molecule has 0 saturated carbocycles. The van der Waals surface area contributed by atoms with Gasteiger partial charge in [0.1, 0.15) is 11.4 Å². The molecule has 1 N–H and O–H groups in total. The number of nitrogens with one attached hydrogen (secondary N) is 1. The molecule has 1 aliphatic heterocycles. The number of urea groups is 1. The number of imide groups is 1. The van der Waals surface area contributed by atoms with Crippen molar-refractivity contribution in [3.63, 3.8) is 0 Å². The van der Waals surface area contributed by atoms with Gasteiger partial charge in [-0.2, -0.15) is 0 Å². The molecule has 3 rings (SSSR count). The van der Waals surface area contributed by atoms with Crippen molar-refractivity contribution in [1.82, 2.24) is 10.2 Å². The quantitative estimate of drug-likeness (QED) is 0.610. The largest absolute Gasteiger partial charge is 0.493 e. The SMILES string of the molecule is CCOc1ccccc1C=C1NC(=O)N(Cc2ccc(Br)cc2)C1=O. The van der Waals surface area contributed by atoms with E-state index in [1.807, 2.05) is 55.5 Å². The van der Waals surface area contributed by atoms with Crippen LogP contribution in [-0.2, 0) is 11.3 Å². The second-order valence-electron chi connectivity index (χ2n) is 5.48. The number of rotatable bonds is 5. The van der Waals surface area contributed by atoms with E-state index in [0.29, 0.717) is 12.4 Å². The second kappa shape index (κ2) is 7.53. The Morgan fingerprint density at radius 2 is 1.84 bits per heavy atom. The van der Waals surface area contributed by atoms with Crippen molar-refractivity contribution in [1.29, 1.82) is 0 Å². The highest BCUT2D eigenvalue weighted by Crippen LogP contribution is 2.23. The van der Waals surface area contributed by atoms with E-state index in [9.17, 15) is 9.59 Å². The molecule has 0 radical (unpaired) electrons. The van der Waals surface area contributed by atoms with Crippen molar-refractivity contribution >= 4 is 33.9 Å². The first-order chi connectivity index (χ1) is 12.1. The highest BCUT2D eigenvalue weighted by Gasteiger charge is 2.33. The van der Waals surface area contributed by atoms with E-state index in [1.54, 1.807) is 6.08 Å². The van der Waals surface area contributed by atoms with Crippen LogP contribution >= 0.6 is 15.9 Å². The summed E-state index contributed by atoms with van der Waals surface area (Å²) in [4.78, 5) is 26.0. The maximum atomic E-state index is 12.6. The standard InChI is InChI=1S/C19H17BrN2O3/c1-2-25-17-6-4-3-5-14(17)11-16-18(23)22(19(24)21-16)12-13-7-9-15(20)10-8-13/h3-11H,2,12H2,1H3,(H,21,24). The number of amides is 3. The van der Waals surface area contributed by atoms with Gasteiger partial charge in [0.2, 0.25) is 0 Å². The van der Waals surface area contributed by atoms with Crippen molar-refractivity contribution in [3.8, 4) is 5.75 Å². The van der Waals surface area contributed by atoms with Gasteiger partial charge < -0.3 is 10.1 Å². The van der Waals surface area contributed by atoms with E-state index in [4.69, 9.17) is 4.74 Å². The van der Waals surface area contributed by atoms with Gasteiger partial charge in [0, 0.05) is 10.0 Å². The molecule has 0 unspecified atom stereocenters. The average Bonchev–Trinajstić information content (AvgIpc) is 2.86. The third-order valence-corrected chi connectivity index (χ3v) is 4.26. The van der Waals surface area contributed by atoms with Crippen LogP contribution in [0.5, 0.6) is 5.75 Å². The minimum absolute atomic E-state index is 0.225. The molecule has 3 amide bonds. The summed E-state index contributed by atoms with van der Waals surface area (Å²) in [5.74, 6) is 0.324. The topological polar surface area (TPSA) is 58.6 Å². The lowest BCUT2D eigenvalue weighted by molar-refractivity contribution is -0.123. The van der Waals surface area contributed by atoms with Gasteiger partial charge >= 0.3 is 6.03 Å². The number of hydrogen-bond donors (Lipinski definition) is 1. The van der Waals surface area contributed by atoms with Crippen LogP contribution in [0.4, 0.5) is 4.79 Å². The van der Waals surface area contributed by atoms with Crippen molar-refractivity contribution < 1.29 is 14.3 Å². The molecule has 5 nitrogen and oxygen atoms in total. The summed E-state index contributed by atoms with van der Waals surface area (Å²) in [6.07, 6.45) is 1.65. The molecule has 1 aliphatic rings. The Kier molecular flexibility index (Phi) is 5.19. The maximum absolute atomic E-state index is 12.6. The van der Waals surface area contributed by atoms with Gasteiger partial charge in [-0.1, -0.05) is 46.3 Å². The number of nitrogens with zero attached hydrogens (tertiary/aromatic N) is 1. The van der Waals surface area contributed by atoms with Crippen LogP contribution in [0.1, 0.15) is 18.1 Å². The van der Waals surface area contributed by atoms with E-state index >= 15 is 0 Å². The third-order valence-electron chi connectivity index (χ3n) is 3.73. The van der Waals surface area contributed by atoms with Crippen LogP contribution in [0.15, 0.2) is 58.7 Å². The van der Waals surface area contributed by atoms with Crippen LogP contribution in [0.3, 0.4) is 0 Å². The van der Waals surface area contributed by atoms with Crippen LogP contribution in [-0.4, -0.2) is 23.4 Å². The van der Waals surface area contributed by atoms with Gasteiger partial charge in [-0.15, -0.1) is 0 Å². The zero-order valence-corrected chi connectivity index (χ0v) is 15.2. The number of benzene rings is 2. The maximum Gasteiger partial charge on any atom is 0.329 e. The monoisotopic (exact) mass is 400 g/mol. The van der Waals surface area contributed by atoms with E-state index in [1.165, 1.54) is 4.90 Å². The predicted molar refractivity (Wildman–Crippen MR) is 98.8 cm³/mol. The van der Waals surface area contributed by atoms with E-state index in [0.717, 1.165) is 15.6 Å².